The van der Waals surface area contributed by atoms with Crippen molar-refractivity contribution in [3.63, 3.8) is 0 Å². The van der Waals surface area contributed by atoms with Crippen molar-refractivity contribution in [3.05, 3.63) is 84.2 Å². The molecule has 0 saturated carbocycles. The molecule has 1 atom stereocenters. The second-order valence-corrected chi connectivity index (χ2v) is 6.20. The highest BCUT2D eigenvalue weighted by atomic mass is 16.2. The Hall–Kier alpha value is -3.41. The van der Waals surface area contributed by atoms with E-state index in [9.17, 15) is 9.59 Å². The minimum atomic E-state index is -0.527. The summed E-state index contributed by atoms with van der Waals surface area (Å²) in [5, 5.41) is 7.23. The van der Waals surface area contributed by atoms with Gasteiger partial charge in [-0.25, -0.2) is 9.48 Å². The van der Waals surface area contributed by atoms with Crippen LogP contribution in [0.3, 0.4) is 0 Å². The third-order valence-electron chi connectivity index (χ3n) is 4.37. The van der Waals surface area contributed by atoms with Gasteiger partial charge in [-0.05, 0) is 23.8 Å². The van der Waals surface area contributed by atoms with Crippen molar-refractivity contribution in [1.29, 1.82) is 0 Å². The van der Waals surface area contributed by atoms with Gasteiger partial charge < -0.3 is 5.32 Å². The lowest BCUT2D eigenvalue weighted by Crippen LogP contribution is -2.32. The summed E-state index contributed by atoms with van der Waals surface area (Å²) in [5.74, 6) is -0.215. The Balaban J connectivity index is 1.46. The Bertz CT molecular complexity index is 921. The standard InChI is InChI=1S/C20H18N4O2/c25-19-18(13-15-7-3-1-4-8-15)21-20(26)23(19)14-16-11-12-24(22-16)17-9-5-2-6-10-17/h1-12,18H,13-14H2,(H,21,26). The number of imide groups is 1. The maximum Gasteiger partial charge on any atom is 0.325 e. The molecule has 1 aliphatic rings. The molecule has 130 valence electrons. The first-order valence-corrected chi connectivity index (χ1v) is 8.46. The number of para-hydroxylation sites is 1. The molecule has 1 aliphatic heterocycles. The van der Waals surface area contributed by atoms with Crippen molar-refractivity contribution >= 4 is 11.9 Å². The average Bonchev–Trinajstić information content (AvgIpc) is 3.24. The van der Waals surface area contributed by atoms with Gasteiger partial charge in [0.25, 0.3) is 5.91 Å². The summed E-state index contributed by atoms with van der Waals surface area (Å²) in [6, 6.07) is 20.3. The van der Waals surface area contributed by atoms with Gasteiger partial charge >= 0.3 is 6.03 Å². The number of nitrogens with one attached hydrogen (secondary N) is 1. The third-order valence-corrected chi connectivity index (χ3v) is 4.37. The Labute approximate surface area is 151 Å². The monoisotopic (exact) mass is 346 g/mol. The molecule has 26 heavy (non-hydrogen) atoms. The molecule has 2 heterocycles. The van der Waals surface area contributed by atoms with E-state index >= 15 is 0 Å². The van der Waals surface area contributed by atoms with Gasteiger partial charge in [-0.2, -0.15) is 5.10 Å². The third kappa shape index (κ3) is 3.21. The van der Waals surface area contributed by atoms with E-state index in [1.165, 1.54) is 4.90 Å². The van der Waals surface area contributed by atoms with Crippen LogP contribution in [0.2, 0.25) is 0 Å². The summed E-state index contributed by atoms with van der Waals surface area (Å²) < 4.78 is 1.73. The molecule has 4 rings (SSSR count). The van der Waals surface area contributed by atoms with Crippen molar-refractivity contribution in [2.24, 2.45) is 0 Å². The lowest BCUT2D eigenvalue weighted by atomic mass is 10.1. The number of aromatic nitrogens is 2. The molecule has 3 aromatic rings. The second-order valence-electron chi connectivity index (χ2n) is 6.20. The minimum Gasteiger partial charge on any atom is -0.325 e. The first-order valence-electron chi connectivity index (χ1n) is 8.46. The van der Waals surface area contributed by atoms with Crippen LogP contribution in [-0.4, -0.2) is 32.7 Å². The normalized spacial score (nSPS) is 16.8. The van der Waals surface area contributed by atoms with Gasteiger partial charge in [0.1, 0.15) is 6.04 Å². The largest absolute Gasteiger partial charge is 0.325 e. The van der Waals surface area contributed by atoms with Crippen LogP contribution in [0.25, 0.3) is 5.69 Å². The number of nitrogens with zero attached hydrogens (tertiary/aromatic N) is 3. The zero-order valence-electron chi connectivity index (χ0n) is 14.1. The number of benzene rings is 2. The summed E-state index contributed by atoms with van der Waals surface area (Å²) in [6.07, 6.45) is 2.31. The van der Waals surface area contributed by atoms with Crippen LogP contribution >= 0.6 is 0 Å². The minimum absolute atomic E-state index is 0.162. The zero-order valence-corrected chi connectivity index (χ0v) is 14.1. The van der Waals surface area contributed by atoms with Crippen molar-refractivity contribution < 1.29 is 9.59 Å². The highest BCUT2D eigenvalue weighted by Gasteiger charge is 2.38. The highest BCUT2D eigenvalue weighted by molar-refractivity contribution is 6.04. The van der Waals surface area contributed by atoms with Crippen LogP contribution in [0.4, 0.5) is 4.79 Å². The lowest BCUT2D eigenvalue weighted by Gasteiger charge is -2.11. The first-order chi connectivity index (χ1) is 12.7. The Morgan fingerprint density at radius 2 is 1.62 bits per heavy atom. The fourth-order valence-corrected chi connectivity index (χ4v) is 3.05. The van der Waals surface area contributed by atoms with Crippen molar-refractivity contribution in [2.45, 2.75) is 19.0 Å². The van der Waals surface area contributed by atoms with Gasteiger partial charge in [0.2, 0.25) is 0 Å². The molecule has 1 aromatic heterocycles. The number of carbonyl (C=O) groups excluding carboxylic acids is 2. The number of rotatable bonds is 5. The van der Waals surface area contributed by atoms with E-state index in [2.05, 4.69) is 10.4 Å². The van der Waals surface area contributed by atoms with E-state index in [1.807, 2.05) is 72.9 Å². The summed E-state index contributed by atoms with van der Waals surface area (Å²) >= 11 is 0. The average molecular weight is 346 g/mol. The Kier molecular flexibility index (Phi) is 4.23. The summed E-state index contributed by atoms with van der Waals surface area (Å²) in [6.45, 7) is 0.162. The molecule has 1 saturated heterocycles. The Morgan fingerprint density at radius 1 is 0.923 bits per heavy atom. The smallest absolute Gasteiger partial charge is 0.325 e. The lowest BCUT2D eigenvalue weighted by molar-refractivity contribution is -0.127. The molecule has 1 unspecified atom stereocenters. The summed E-state index contributed by atoms with van der Waals surface area (Å²) in [4.78, 5) is 26.1. The molecule has 1 fully saturated rings. The van der Waals surface area contributed by atoms with Crippen LogP contribution < -0.4 is 5.32 Å². The molecule has 0 radical (unpaired) electrons. The highest BCUT2D eigenvalue weighted by Crippen LogP contribution is 2.15. The van der Waals surface area contributed by atoms with Crippen LogP contribution in [0.1, 0.15) is 11.3 Å². The van der Waals surface area contributed by atoms with E-state index < -0.39 is 6.04 Å². The molecule has 0 aliphatic carbocycles. The zero-order chi connectivity index (χ0) is 17.9. The van der Waals surface area contributed by atoms with Crippen molar-refractivity contribution in [2.75, 3.05) is 0 Å². The predicted molar refractivity (Wildman–Crippen MR) is 96.6 cm³/mol. The van der Waals surface area contributed by atoms with E-state index in [0.29, 0.717) is 12.1 Å². The molecule has 3 amide bonds. The van der Waals surface area contributed by atoms with Crippen LogP contribution in [-0.2, 0) is 17.8 Å². The van der Waals surface area contributed by atoms with Gasteiger partial charge in [-0.15, -0.1) is 0 Å². The van der Waals surface area contributed by atoms with Crippen LogP contribution in [0.15, 0.2) is 72.9 Å². The van der Waals surface area contributed by atoms with Gasteiger partial charge in [0.05, 0.1) is 17.9 Å². The fraction of sp³-hybridized carbons (Fsp3) is 0.150. The van der Waals surface area contributed by atoms with Crippen LogP contribution in [0.5, 0.6) is 0 Å². The molecule has 6 nitrogen and oxygen atoms in total. The van der Waals surface area contributed by atoms with Crippen molar-refractivity contribution in [1.82, 2.24) is 20.0 Å². The molecule has 2 aromatic carbocycles. The van der Waals surface area contributed by atoms with E-state index in [-0.39, 0.29) is 18.5 Å². The van der Waals surface area contributed by atoms with E-state index in [1.54, 1.807) is 4.68 Å². The van der Waals surface area contributed by atoms with Gasteiger partial charge in [0, 0.05) is 12.6 Å². The number of carbonyl (C=O) groups is 2. The number of urea groups is 1. The summed E-state index contributed by atoms with van der Waals surface area (Å²) in [5.41, 5.74) is 2.61. The summed E-state index contributed by atoms with van der Waals surface area (Å²) in [7, 11) is 0. The number of hydrogen-bond acceptors (Lipinski definition) is 3. The Morgan fingerprint density at radius 3 is 2.35 bits per heavy atom. The molecular weight excluding hydrogens is 328 g/mol. The second kappa shape index (κ2) is 6.84. The quantitative estimate of drug-likeness (QED) is 0.722. The van der Waals surface area contributed by atoms with Gasteiger partial charge in [-0.1, -0.05) is 48.5 Å². The molecule has 0 spiro atoms. The van der Waals surface area contributed by atoms with Crippen molar-refractivity contribution in [3.8, 4) is 5.69 Å². The molecule has 1 N–H and O–H groups in total. The van der Waals surface area contributed by atoms with E-state index in [4.69, 9.17) is 0 Å². The topological polar surface area (TPSA) is 67.2 Å². The maximum absolute atomic E-state index is 12.6. The van der Waals surface area contributed by atoms with E-state index in [0.717, 1.165) is 11.3 Å². The SMILES string of the molecule is O=C1NC(Cc2ccccc2)C(=O)N1Cc1ccn(-c2ccccc2)n1. The first kappa shape index (κ1) is 16.1. The number of hydrogen-bond donors (Lipinski definition) is 1. The molecule has 6 heteroatoms. The van der Waals surface area contributed by atoms with Gasteiger partial charge in [-0.3, -0.25) is 9.69 Å². The predicted octanol–water partition coefficient (Wildman–Crippen LogP) is 2.54. The molecule has 0 bridgehead atoms. The fourth-order valence-electron chi connectivity index (χ4n) is 3.05. The maximum atomic E-state index is 12.6. The van der Waals surface area contributed by atoms with Gasteiger partial charge in [0.15, 0.2) is 0 Å². The van der Waals surface area contributed by atoms with Crippen LogP contribution in [0, 0.1) is 0 Å². The number of amides is 3. The molecular formula is C20H18N4O2.